The van der Waals surface area contributed by atoms with Gasteiger partial charge in [0.05, 0.1) is 15.6 Å². The number of nitrogen functional groups attached to an aromatic ring is 1. The Morgan fingerprint density at radius 2 is 1.86 bits per heavy atom. The topological polar surface area (TPSA) is 80.5 Å². The minimum atomic E-state index is -3.38. The molecule has 1 aromatic heterocycles. The quantitative estimate of drug-likeness (QED) is 0.410. The first kappa shape index (κ1) is 24.5. The van der Waals surface area contributed by atoms with Crippen LogP contribution < -0.4 is 5.73 Å². The molecular formula is C28H34N2O3S2. The lowest BCUT2D eigenvalue weighted by Gasteiger charge is -2.33. The number of nitrogens with two attached hydrogens (primary N) is 1. The molecule has 2 aliphatic rings. The Morgan fingerprint density at radius 1 is 1.03 bits per heavy atom. The average molecular weight is 511 g/mol. The number of carbonyl (C=O) groups excluding carboxylic acids is 1. The Labute approximate surface area is 212 Å². The maximum Gasteiger partial charge on any atom is 0.193 e. The van der Waals surface area contributed by atoms with Crippen LogP contribution in [0.5, 0.6) is 0 Å². The first-order valence-corrected chi connectivity index (χ1v) is 15.3. The van der Waals surface area contributed by atoms with Gasteiger partial charge in [-0.2, -0.15) is 0 Å². The number of hydrogen-bond donors (Lipinski definition) is 1. The molecule has 2 aliphatic heterocycles. The van der Waals surface area contributed by atoms with Gasteiger partial charge in [-0.15, -0.1) is 11.3 Å². The van der Waals surface area contributed by atoms with E-state index in [1.54, 1.807) is 29.5 Å². The van der Waals surface area contributed by atoms with Gasteiger partial charge in [-0.25, -0.2) is 8.42 Å². The molecule has 2 saturated heterocycles. The molecule has 0 bridgehead atoms. The largest absolute Gasteiger partial charge is 0.390 e. The maximum absolute atomic E-state index is 13.4. The van der Waals surface area contributed by atoms with Gasteiger partial charge in [-0.05, 0) is 98.8 Å². The average Bonchev–Trinajstić information content (AvgIpc) is 3.04. The zero-order valence-electron chi connectivity index (χ0n) is 20.3. The highest BCUT2D eigenvalue weighted by Gasteiger charge is 2.30. The summed E-state index contributed by atoms with van der Waals surface area (Å²) in [7, 11) is -3.38. The zero-order chi connectivity index (χ0) is 24.6. The highest BCUT2D eigenvalue weighted by Crippen LogP contribution is 2.44. The molecule has 5 nitrogen and oxygen atoms in total. The molecule has 35 heavy (non-hydrogen) atoms. The summed E-state index contributed by atoms with van der Waals surface area (Å²) in [5, 5.41) is 1.94. The number of thiophene rings is 1. The first-order valence-electron chi connectivity index (χ1n) is 12.8. The van der Waals surface area contributed by atoms with Crippen molar-refractivity contribution < 1.29 is 13.2 Å². The van der Waals surface area contributed by atoms with Crippen molar-refractivity contribution in [3.05, 3.63) is 59.2 Å². The molecule has 186 valence electrons. The Morgan fingerprint density at radius 3 is 2.69 bits per heavy atom. The number of sulfone groups is 1. The van der Waals surface area contributed by atoms with Gasteiger partial charge in [-0.1, -0.05) is 25.5 Å². The molecule has 3 aromatic rings. The lowest BCUT2D eigenvalue weighted by atomic mass is 9.89. The van der Waals surface area contributed by atoms with E-state index in [1.165, 1.54) is 43.9 Å². The summed E-state index contributed by atoms with van der Waals surface area (Å²) in [5.74, 6) is 0.324. The lowest BCUT2D eigenvalue weighted by Crippen LogP contribution is -2.38. The zero-order valence-corrected chi connectivity index (χ0v) is 22.0. The van der Waals surface area contributed by atoms with Gasteiger partial charge in [-0.3, -0.25) is 4.79 Å². The molecule has 2 fully saturated rings. The van der Waals surface area contributed by atoms with Gasteiger partial charge < -0.3 is 10.6 Å². The van der Waals surface area contributed by atoms with E-state index in [4.69, 9.17) is 5.73 Å². The number of anilines is 1. The van der Waals surface area contributed by atoms with Crippen LogP contribution in [0.1, 0.15) is 79.3 Å². The van der Waals surface area contributed by atoms with Crippen molar-refractivity contribution in [2.24, 2.45) is 0 Å². The number of hydrogen-bond acceptors (Lipinski definition) is 6. The molecule has 3 heterocycles. The van der Waals surface area contributed by atoms with Crippen LogP contribution in [-0.2, 0) is 9.84 Å². The van der Waals surface area contributed by atoms with Crippen molar-refractivity contribution in [3.63, 3.8) is 0 Å². The van der Waals surface area contributed by atoms with Crippen molar-refractivity contribution in [2.75, 3.05) is 24.6 Å². The second-order valence-corrected chi connectivity index (χ2v) is 13.2. The normalized spacial score (nSPS) is 21.5. The van der Waals surface area contributed by atoms with E-state index in [9.17, 15) is 13.2 Å². The summed E-state index contributed by atoms with van der Waals surface area (Å²) >= 11 is 1.61. The summed E-state index contributed by atoms with van der Waals surface area (Å²) in [5.41, 5.74) is 8.75. The molecule has 7 heteroatoms. The van der Waals surface area contributed by atoms with Gasteiger partial charge >= 0.3 is 0 Å². The summed E-state index contributed by atoms with van der Waals surface area (Å²) in [6.45, 7) is 4.16. The summed E-state index contributed by atoms with van der Waals surface area (Å²) in [6.07, 6.45) is 7.92. The fourth-order valence-electron chi connectivity index (χ4n) is 5.91. The fraction of sp³-hybridized carbons (Fsp3) is 0.464. The summed E-state index contributed by atoms with van der Waals surface area (Å²) in [4.78, 5) is 16.3. The molecule has 0 radical (unpaired) electrons. The van der Waals surface area contributed by atoms with Crippen LogP contribution in [0.3, 0.4) is 0 Å². The van der Waals surface area contributed by atoms with E-state index in [-0.39, 0.29) is 16.4 Å². The second-order valence-electron chi connectivity index (χ2n) is 10.0. The monoisotopic (exact) mass is 510 g/mol. The molecule has 0 spiro atoms. The number of piperidine rings is 1. The highest BCUT2D eigenvalue weighted by atomic mass is 32.2. The van der Waals surface area contributed by atoms with Gasteiger partial charge in [0.1, 0.15) is 0 Å². The van der Waals surface area contributed by atoms with E-state index in [0.717, 1.165) is 34.5 Å². The lowest BCUT2D eigenvalue weighted by molar-refractivity contribution is 0.103. The van der Waals surface area contributed by atoms with Crippen LogP contribution in [0.2, 0.25) is 0 Å². The Kier molecular flexibility index (Phi) is 7.02. The molecule has 2 unspecified atom stereocenters. The van der Waals surface area contributed by atoms with Gasteiger partial charge in [0.2, 0.25) is 0 Å². The smallest absolute Gasteiger partial charge is 0.193 e. The van der Waals surface area contributed by atoms with Crippen LogP contribution in [-0.4, -0.2) is 44.0 Å². The molecule has 0 aliphatic carbocycles. The predicted molar refractivity (Wildman–Crippen MR) is 144 cm³/mol. The molecule has 5 rings (SSSR count). The van der Waals surface area contributed by atoms with Crippen LogP contribution >= 0.6 is 11.3 Å². The van der Waals surface area contributed by atoms with Crippen molar-refractivity contribution in [3.8, 4) is 0 Å². The van der Waals surface area contributed by atoms with Crippen molar-refractivity contribution in [1.29, 1.82) is 0 Å². The van der Waals surface area contributed by atoms with Crippen molar-refractivity contribution in [2.45, 2.75) is 68.7 Å². The van der Waals surface area contributed by atoms with Gasteiger partial charge in [0.25, 0.3) is 0 Å². The third-order valence-corrected chi connectivity index (χ3v) is 10.6. The Balaban J connectivity index is 1.46. The highest BCUT2D eigenvalue weighted by molar-refractivity contribution is 7.91. The molecule has 0 saturated carbocycles. The van der Waals surface area contributed by atoms with Gasteiger partial charge in [0.15, 0.2) is 15.6 Å². The molecule has 0 amide bonds. The number of ketones is 1. The third-order valence-electron chi connectivity index (χ3n) is 7.72. The molecule has 2 N–H and O–H groups in total. The van der Waals surface area contributed by atoms with Crippen LogP contribution in [0.25, 0.3) is 10.1 Å². The number of nitrogens with zero attached hydrogens (tertiary/aromatic N) is 1. The minimum Gasteiger partial charge on any atom is -0.390 e. The van der Waals surface area contributed by atoms with Crippen LogP contribution in [0.4, 0.5) is 5.00 Å². The first-order chi connectivity index (χ1) is 16.9. The standard InChI is InChI=1S/C28H34N2O3S2/c1-2-16-35(32,33)23-8-5-6-20(17-23)27(31)21-10-12-25-24(18-21)26(28(29)34-25)19-9-11-22-7-3-4-14-30(22)15-13-19/h5-6,8,10,12,17-19,22H,2-4,7,9,11,13-16,29H2,1H3. The number of carbonyl (C=O) groups is 1. The Bertz CT molecular complexity index is 1330. The minimum absolute atomic E-state index is 0.0772. The van der Waals surface area contributed by atoms with Crippen molar-refractivity contribution in [1.82, 2.24) is 4.90 Å². The van der Waals surface area contributed by atoms with Crippen molar-refractivity contribution >= 4 is 42.0 Å². The fourth-order valence-corrected chi connectivity index (χ4v) is 8.32. The van der Waals surface area contributed by atoms with E-state index < -0.39 is 9.84 Å². The summed E-state index contributed by atoms with van der Waals surface area (Å²) < 4.78 is 26.2. The number of fused-ring (bicyclic) bond motifs is 2. The number of benzene rings is 2. The van der Waals surface area contributed by atoms with E-state index in [0.29, 0.717) is 29.5 Å². The van der Waals surface area contributed by atoms with Gasteiger partial charge in [0, 0.05) is 21.9 Å². The molecule has 2 aromatic carbocycles. The number of rotatable bonds is 6. The van der Waals surface area contributed by atoms with E-state index >= 15 is 0 Å². The third kappa shape index (κ3) is 4.91. The Hall–Kier alpha value is -2.22. The van der Waals surface area contributed by atoms with Crippen LogP contribution in [0, 0.1) is 0 Å². The maximum atomic E-state index is 13.4. The summed E-state index contributed by atoms with van der Waals surface area (Å²) in [6, 6.07) is 12.9. The second kappa shape index (κ2) is 10.0. The van der Waals surface area contributed by atoms with E-state index in [1.807, 2.05) is 25.1 Å². The molecular weight excluding hydrogens is 476 g/mol. The van der Waals surface area contributed by atoms with E-state index in [2.05, 4.69) is 4.90 Å². The molecule has 2 atom stereocenters. The predicted octanol–water partition coefficient (Wildman–Crippen LogP) is 6.02. The van der Waals surface area contributed by atoms with Crippen LogP contribution in [0.15, 0.2) is 47.4 Å². The SMILES string of the molecule is CCCS(=O)(=O)c1cccc(C(=O)c2ccc3sc(N)c(C4CCC5CCCCN5CC4)c3c2)c1.